The summed E-state index contributed by atoms with van der Waals surface area (Å²) in [4.78, 5) is 8.37. The standard InChI is InChI=1S/C15H11N3O3/c16-9-1-3-11-12(5-9)17-7-18-15(11)21-10-2-4-13-14(6-10)20-8-19-13/h1-7H,8,16H2. The van der Waals surface area contributed by atoms with Crippen molar-refractivity contribution < 1.29 is 14.2 Å². The lowest BCUT2D eigenvalue weighted by atomic mass is 10.2. The Labute approximate surface area is 120 Å². The zero-order valence-corrected chi connectivity index (χ0v) is 10.9. The van der Waals surface area contributed by atoms with Gasteiger partial charge in [-0.1, -0.05) is 0 Å². The molecule has 0 spiro atoms. The molecule has 0 bridgehead atoms. The number of nitrogen functional groups attached to an aromatic ring is 1. The van der Waals surface area contributed by atoms with Crippen molar-refractivity contribution in [1.29, 1.82) is 0 Å². The van der Waals surface area contributed by atoms with Crippen LogP contribution in [0.4, 0.5) is 5.69 Å². The molecule has 1 aromatic heterocycles. The van der Waals surface area contributed by atoms with Crippen molar-refractivity contribution in [3.8, 4) is 23.1 Å². The molecular formula is C15H11N3O3. The Morgan fingerprint density at radius 1 is 1.00 bits per heavy atom. The number of anilines is 1. The molecule has 0 amide bonds. The number of nitrogens with two attached hydrogens (primary N) is 1. The number of rotatable bonds is 2. The van der Waals surface area contributed by atoms with E-state index in [9.17, 15) is 0 Å². The molecule has 0 radical (unpaired) electrons. The summed E-state index contributed by atoms with van der Waals surface area (Å²) < 4.78 is 16.4. The molecule has 6 nitrogen and oxygen atoms in total. The van der Waals surface area contributed by atoms with Crippen LogP contribution < -0.4 is 19.9 Å². The van der Waals surface area contributed by atoms with Crippen LogP contribution >= 0.6 is 0 Å². The van der Waals surface area contributed by atoms with Crippen LogP contribution in [0, 0.1) is 0 Å². The molecular weight excluding hydrogens is 270 g/mol. The molecule has 104 valence electrons. The smallest absolute Gasteiger partial charge is 0.231 e. The van der Waals surface area contributed by atoms with Gasteiger partial charge in [-0.2, -0.15) is 0 Å². The van der Waals surface area contributed by atoms with Gasteiger partial charge in [0.05, 0.1) is 10.9 Å². The molecule has 6 heteroatoms. The number of benzene rings is 2. The van der Waals surface area contributed by atoms with Crippen LogP contribution in [0.15, 0.2) is 42.7 Å². The van der Waals surface area contributed by atoms with Crippen LogP contribution in [0.1, 0.15) is 0 Å². The lowest BCUT2D eigenvalue weighted by Crippen LogP contribution is -1.93. The zero-order valence-electron chi connectivity index (χ0n) is 10.9. The Bertz CT molecular complexity index is 836. The summed E-state index contributed by atoms with van der Waals surface area (Å²) in [7, 11) is 0. The van der Waals surface area contributed by atoms with Crippen molar-refractivity contribution in [1.82, 2.24) is 9.97 Å². The SMILES string of the molecule is Nc1ccc2c(Oc3ccc4c(c3)OCO4)ncnc2c1. The lowest BCUT2D eigenvalue weighted by molar-refractivity contribution is 0.174. The van der Waals surface area contributed by atoms with Gasteiger partial charge in [-0.05, 0) is 30.3 Å². The van der Waals surface area contributed by atoms with E-state index in [0.717, 1.165) is 10.9 Å². The summed E-state index contributed by atoms with van der Waals surface area (Å²) >= 11 is 0. The Hall–Kier alpha value is -3.02. The van der Waals surface area contributed by atoms with E-state index in [0.29, 0.717) is 28.8 Å². The van der Waals surface area contributed by atoms with Gasteiger partial charge in [0.2, 0.25) is 12.7 Å². The van der Waals surface area contributed by atoms with Crippen molar-refractivity contribution in [2.75, 3.05) is 12.5 Å². The Balaban J connectivity index is 1.74. The van der Waals surface area contributed by atoms with Gasteiger partial charge in [0.15, 0.2) is 11.5 Å². The topological polar surface area (TPSA) is 79.5 Å². The van der Waals surface area contributed by atoms with Crippen molar-refractivity contribution in [2.24, 2.45) is 0 Å². The van der Waals surface area contributed by atoms with Crippen LogP contribution in [-0.4, -0.2) is 16.8 Å². The summed E-state index contributed by atoms with van der Waals surface area (Å²) in [5.41, 5.74) is 7.14. The Morgan fingerprint density at radius 3 is 2.86 bits per heavy atom. The minimum atomic E-state index is 0.231. The summed E-state index contributed by atoms with van der Waals surface area (Å²) in [5.74, 6) is 2.47. The molecule has 2 heterocycles. The van der Waals surface area contributed by atoms with E-state index >= 15 is 0 Å². The Morgan fingerprint density at radius 2 is 1.90 bits per heavy atom. The molecule has 21 heavy (non-hydrogen) atoms. The largest absolute Gasteiger partial charge is 0.454 e. The minimum absolute atomic E-state index is 0.231. The molecule has 2 N–H and O–H groups in total. The summed E-state index contributed by atoms with van der Waals surface area (Å²) in [6, 6.07) is 10.8. The predicted octanol–water partition coefficient (Wildman–Crippen LogP) is 2.73. The van der Waals surface area contributed by atoms with Gasteiger partial charge in [-0.15, -0.1) is 0 Å². The first-order chi connectivity index (χ1) is 10.3. The van der Waals surface area contributed by atoms with Crippen LogP contribution in [0.25, 0.3) is 10.9 Å². The van der Waals surface area contributed by atoms with Crippen LogP contribution in [0.2, 0.25) is 0 Å². The van der Waals surface area contributed by atoms with Gasteiger partial charge in [-0.25, -0.2) is 9.97 Å². The first kappa shape index (κ1) is 11.8. The maximum atomic E-state index is 5.83. The maximum absolute atomic E-state index is 5.83. The monoisotopic (exact) mass is 281 g/mol. The van der Waals surface area contributed by atoms with Crippen molar-refractivity contribution >= 4 is 16.6 Å². The van der Waals surface area contributed by atoms with Gasteiger partial charge >= 0.3 is 0 Å². The minimum Gasteiger partial charge on any atom is -0.454 e. The fraction of sp³-hybridized carbons (Fsp3) is 0.0667. The van der Waals surface area contributed by atoms with Crippen molar-refractivity contribution in [3.63, 3.8) is 0 Å². The molecule has 0 aliphatic carbocycles. The van der Waals surface area contributed by atoms with E-state index in [-0.39, 0.29) is 6.79 Å². The number of hydrogen-bond donors (Lipinski definition) is 1. The third kappa shape index (κ3) is 2.06. The molecule has 3 aromatic rings. The molecule has 0 unspecified atom stereocenters. The van der Waals surface area contributed by atoms with Crippen molar-refractivity contribution in [2.45, 2.75) is 0 Å². The highest BCUT2D eigenvalue weighted by atomic mass is 16.7. The lowest BCUT2D eigenvalue weighted by Gasteiger charge is -2.08. The quantitative estimate of drug-likeness (QED) is 0.727. The molecule has 0 fully saturated rings. The van der Waals surface area contributed by atoms with E-state index in [4.69, 9.17) is 19.9 Å². The average molecular weight is 281 g/mol. The van der Waals surface area contributed by atoms with Gasteiger partial charge in [0.25, 0.3) is 0 Å². The number of aromatic nitrogens is 2. The summed E-state index contributed by atoms with van der Waals surface area (Å²) in [6.07, 6.45) is 1.45. The fourth-order valence-corrected chi connectivity index (χ4v) is 2.18. The number of nitrogens with zero attached hydrogens (tertiary/aromatic N) is 2. The third-order valence-electron chi connectivity index (χ3n) is 3.18. The molecule has 0 atom stereocenters. The average Bonchev–Trinajstić information content (AvgIpc) is 2.95. The zero-order chi connectivity index (χ0) is 14.2. The van der Waals surface area contributed by atoms with Gasteiger partial charge in [-0.3, -0.25) is 0 Å². The highest BCUT2D eigenvalue weighted by Crippen LogP contribution is 2.37. The van der Waals surface area contributed by atoms with Crippen LogP contribution in [0.3, 0.4) is 0 Å². The van der Waals surface area contributed by atoms with E-state index in [1.54, 1.807) is 30.3 Å². The highest BCUT2D eigenvalue weighted by molar-refractivity contribution is 5.86. The molecule has 2 aromatic carbocycles. The summed E-state index contributed by atoms with van der Waals surface area (Å²) in [5, 5.41) is 0.796. The van der Waals surface area contributed by atoms with E-state index < -0.39 is 0 Å². The molecule has 1 aliphatic heterocycles. The molecule has 1 aliphatic rings. The second-order valence-corrected chi connectivity index (χ2v) is 4.57. The second kappa shape index (κ2) is 4.52. The normalized spacial score (nSPS) is 12.6. The van der Waals surface area contributed by atoms with Gasteiger partial charge < -0.3 is 19.9 Å². The Kier molecular flexibility index (Phi) is 2.53. The fourth-order valence-electron chi connectivity index (χ4n) is 2.18. The van der Waals surface area contributed by atoms with Gasteiger partial charge in [0, 0.05) is 11.8 Å². The van der Waals surface area contributed by atoms with Crippen LogP contribution in [0.5, 0.6) is 23.1 Å². The number of hydrogen-bond acceptors (Lipinski definition) is 6. The molecule has 0 saturated heterocycles. The maximum Gasteiger partial charge on any atom is 0.231 e. The molecule has 4 rings (SSSR count). The van der Waals surface area contributed by atoms with Crippen molar-refractivity contribution in [3.05, 3.63) is 42.7 Å². The predicted molar refractivity (Wildman–Crippen MR) is 76.6 cm³/mol. The molecule has 0 saturated carbocycles. The van der Waals surface area contributed by atoms with E-state index in [1.807, 2.05) is 6.07 Å². The van der Waals surface area contributed by atoms with E-state index in [2.05, 4.69) is 9.97 Å². The number of fused-ring (bicyclic) bond motifs is 2. The number of ether oxygens (including phenoxy) is 3. The highest BCUT2D eigenvalue weighted by Gasteiger charge is 2.15. The first-order valence-electron chi connectivity index (χ1n) is 6.37. The van der Waals surface area contributed by atoms with E-state index in [1.165, 1.54) is 6.33 Å². The summed E-state index contributed by atoms with van der Waals surface area (Å²) in [6.45, 7) is 0.231. The second-order valence-electron chi connectivity index (χ2n) is 4.57. The third-order valence-corrected chi connectivity index (χ3v) is 3.18. The first-order valence-corrected chi connectivity index (χ1v) is 6.37. The van der Waals surface area contributed by atoms with Gasteiger partial charge in [0.1, 0.15) is 12.1 Å². The van der Waals surface area contributed by atoms with Crippen LogP contribution in [-0.2, 0) is 0 Å².